The number of benzene rings is 7. The first-order valence-corrected chi connectivity index (χ1v) is 20.7. The molecule has 8 aromatic rings. The third-order valence-corrected chi connectivity index (χ3v) is 15.3. The van der Waals surface area contributed by atoms with Crippen LogP contribution >= 0.6 is 0 Å². The van der Waals surface area contributed by atoms with Gasteiger partial charge in [-0.2, -0.15) is 0 Å². The SMILES string of the molecule is CC1(C)c2ccccc2-c2ccc(N(c3ccc4ccccc4c3)c3ccc4c5c3c3ccccc3n5-c3ccccc3C43C4CC5CC(C4)CC3C5)cc21. The summed E-state index contributed by atoms with van der Waals surface area (Å²) in [5, 5.41) is 5.25. The highest BCUT2D eigenvalue weighted by Gasteiger charge is 2.61. The van der Waals surface area contributed by atoms with Crippen molar-refractivity contribution in [2.75, 3.05) is 4.90 Å². The summed E-state index contributed by atoms with van der Waals surface area (Å²) in [5.74, 6) is 3.20. The summed E-state index contributed by atoms with van der Waals surface area (Å²) in [7, 11) is 0. The standard InChI is InChI=1S/C53H44N2/c1-52(2)43-15-7-5-13-40(43)41-22-21-39(31-46(41)52)54(38-20-19-34-11-3-4-12-35(34)30-38)49-24-23-45-51-50(49)42-14-6-9-17-47(42)55(51)48-18-10-8-16-44(48)53(45)36-26-32-25-33(28-36)29-37(53)27-32/h3-24,30-33,36-37H,25-29H2,1-2H3. The van der Waals surface area contributed by atoms with Crippen LogP contribution in [0.3, 0.4) is 0 Å². The van der Waals surface area contributed by atoms with Gasteiger partial charge in [0.05, 0.1) is 22.4 Å². The van der Waals surface area contributed by atoms with Crippen molar-refractivity contribution in [1.82, 2.24) is 4.57 Å². The largest absolute Gasteiger partial charge is 0.310 e. The average molecular weight is 709 g/mol. The third-order valence-electron chi connectivity index (χ3n) is 15.3. The Bertz CT molecular complexity index is 2910. The molecule has 266 valence electrons. The van der Waals surface area contributed by atoms with Crippen molar-refractivity contribution in [3.63, 3.8) is 0 Å². The fraction of sp³-hybridized carbons (Fsp3) is 0.245. The highest BCUT2D eigenvalue weighted by Crippen LogP contribution is 2.68. The van der Waals surface area contributed by atoms with Crippen molar-refractivity contribution in [3.05, 3.63) is 168 Å². The number of rotatable bonds is 3. The molecule has 4 bridgehead atoms. The molecule has 4 saturated carbocycles. The Hall–Kier alpha value is -5.60. The molecule has 6 aliphatic rings. The van der Waals surface area contributed by atoms with Crippen LogP contribution in [0.4, 0.5) is 17.1 Å². The van der Waals surface area contributed by atoms with Crippen molar-refractivity contribution in [3.8, 4) is 16.8 Å². The molecule has 0 N–H and O–H groups in total. The van der Waals surface area contributed by atoms with Gasteiger partial charge in [0.15, 0.2) is 0 Å². The molecule has 0 unspecified atom stereocenters. The van der Waals surface area contributed by atoms with Crippen LogP contribution in [-0.4, -0.2) is 4.57 Å². The van der Waals surface area contributed by atoms with Crippen LogP contribution in [0.25, 0.3) is 49.4 Å². The highest BCUT2D eigenvalue weighted by atomic mass is 15.1. The number of nitrogens with zero attached hydrogens (tertiary/aromatic N) is 2. The molecule has 0 amide bonds. The predicted octanol–water partition coefficient (Wildman–Crippen LogP) is 13.8. The zero-order chi connectivity index (χ0) is 36.2. The van der Waals surface area contributed by atoms with E-state index >= 15 is 0 Å². The summed E-state index contributed by atoms with van der Waals surface area (Å²) in [6, 6.07) is 56.1. The molecular weight excluding hydrogens is 665 g/mol. The molecule has 0 saturated heterocycles. The molecule has 5 aliphatic carbocycles. The number of fused-ring (bicyclic) bond motifs is 9. The number of aromatic nitrogens is 1. The molecule has 0 radical (unpaired) electrons. The van der Waals surface area contributed by atoms with Crippen LogP contribution in [0, 0.1) is 23.7 Å². The second-order valence-corrected chi connectivity index (χ2v) is 18.2. The first-order valence-electron chi connectivity index (χ1n) is 20.7. The van der Waals surface area contributed by atoms with Crippen LogP contribution in [0.1, 0.15) is 68.2 Å². The quantitative estimate of drug-likeness (QED) is 0.177. The van der Waals surface area contributed by atoms with Gasteiger partial charge in [-0.3, -0.25) is 0 Å². The van der Waals surface area contributed by atoms with E-state index < -0.39 is 0 Å². The Morgan fingerprint density at radius 3 is 2.02 bits per heavy atom. The molecule has 1 aromatic heterocycles. The predicted molar refractivity (Wildman–Crippen MR) is 228 cm³/mol. The van der Waals surface area contributed by atoms with Gasteiger partial charge in [-0.15, -0.1) is 0 Å². The topological polar surface area (TPSA) is 8.17 Å². The molecule has 2 heteroatoms. The van der Waals surface area contributed by atoms with Crippen LogP contribution in [0.5, 0.6) is 0 Å². The lowest BCUT2D eigenvalue weighted by molar-refractivity contribution is -0.0418. The Morgan fingerprint density at radius 1 is 0.527 bits per heavy atom. The maximum atomic E-state index is 2.66. The van der Waals surface area contributed by atoms with E-state index in [1.165, 1.54) is 110 Å². The second-order valence-electron chi connectivity index (χ2n) is 18.2. The molecule has 2 heterocycles. The lowest BCUT2D eigenvalue weighted by Gasteiger charge is -2.63. The lowest BCUT2D eigenvalue weighted by Crippen LogP contribution is -2.57. The van der Waals surface area contributed by atoms with Gasteiger partial charge >= 0.3 is 0 Å². The van der Waals surface area contributed by atoms with Gasteiger partial charge in [0.2, 0.25) is 0 Å². The fourth-order valence-electron chi connectivity index (χ4n) is 13.4. The second kappa shape index (κ2) is 10.6. The van der Waals surface area contributed by atoms with Crippen molar-refractivity contribution in [1.29, 1.82) is 0 Å². The van der Waals surface area contributed by atoms with Crippen molar-refractivity contribution >= 4 is 49.6 Å². The monoisotopic (exact) mass is 708 g/mol. The summed E-state index contributed by atoms with van der Waals surface area (Å²) in [4.78, 5) is 2.59. The summed E-state index contributed by atoms with van der Waals surface area (Å²) in [6.45, 7) is 4.80. The first kappa shape index (κ1) is 30.7. The molecular formula is C53H44N2. The molecule has 4 fully saturated rings. The average Bonchev–Trinajstić information content (AvgIpc) is 3.68. The highest BCUT2D eigenvalue weighted by molar-refractivity contribution is 6.18. The van der Waals surface area contributed by atoms with Gasteiger partial charge in [0.25, 0.3) is 0 Å². The van der Waals surface area contributed by atoms with E-state index in [9.17, 15) is 0 Å². The zero-order valence-electron chi connectivity index (χ0n) is 31.6. The summed E-state index contributed by atoms with van der Waals surface area (Å²) in [6.07, 6.45) is 6.97. The maximum Gasteiger partial charge on any atom is 0.0603 e. The number of hydrogen-bond donors (Lipinski definition) is 0. The Morgan fingerprint density at radius 2 is 1.18 bits per heavy atom. The van der Waals surface area contributed by atoms with E-state index in [0.717, 1.165) is 11.8 Å². The minimum atomic E-state index is -0.0947. The first-order chi connectivity index (χ1) is 27.0. The van der Waals surface area contributed by atoms with Gasteiger partial charge in [-0.25, -0.2) is 0 Å². The van der Waals surface area contributed by atoms with Gasteiger partial charge in [0, 0.05) is 33.0 Å². The van der Waals surface area contributed by atoms with E-state index in [2.05, 4.69) is 169 Å². The van der Waals surface area contributed by atoms with Crippen LogP contribution < -0.4 is 4.90 Å². The third kappa shape index (κ3) is 3.81. The number of anilines is 3. The van der Waals surface area contributed by atoms with Crippen LogP contribution in [0.2, 0.25) is 0 Å². The van der Waals surface area contributed by atoms with Crippen LogP contribution in [-0.2, 0) is 10.8 Å². The van der Waals surface area contributed by atoms with E-state index in [1.54, 1.807) is 11.1 Å². The Labute approximate surface area is 323 Å². The molecule has 0 atom stereocenters. The van der Waals surface area contributed by atoms with Gasteiger partial charge < -0.3 is 9.47 Å². The van der Waals surface area contributed by atoms with Gasteiger partial charge in [-0.05, 0) is 142 Å². The smallest absolute Gasteiger partial charge is 0.0603 e. The van der Waals surface area contributed by atoms with E-state index in [-0.39, 0.29) is 10.8 Å². The van der Waals surface area contributed by atoms with E-state index in [4.69, 9.17) is 0 Å². The minimum absolute atomic E-state index is 0.0579. The van der Waals surface area contributed by atoms with Crippen molar-refractivity contribution in [2.24, 2.45) is 23.7 Å². The van der Waals surface area contributed by atoms with E-state index in [0.29, 0.717) is 11.8 Å². The number of para-hydroxylation sites is 2. The van der Waals surface area contributed by atoms with E-state index in [1.807, 2.05) is 0 Å². The maximum absolute atomic E-state index is 2.66. The normalized spacial score (nSPS) is 24.8. The minimum Gasteiger partial charge on any atom is -0.310 e. The summed E-state index contributed by atoms with van der Waals surface area (Å²) in [5.41, 5.74) is 16.5. The lowest BCUT2D eigenvalue weighted by atomic mass is 9.41. The van der Waals surface area contributed by atoms with Gasteiger partial charge in [-0.1, -0.05) is 117 Å². The van der Waals surface area contributed by atoms with Crippen molar-refractivity contribution in [2.45, 2.75) is 56.8 Å². The molecule has 7 aromatic carbocycles. The summed E-state index contributed by atoms with van der Waals surface area (Å²) < 4.78 is 2.66. The molecule has 14 rings (SSSR count). The Balaban J connectivity index is 1.13. The fourth-order valence-corrected chi connectivity index (χ4v) is 13.4. The number of hydrogen-bond acceptors (Lipinski definition) is 1. The molecule has 1 aliphatic heterocycles. The van der Waals surface area contributed by atoms with Crippen molar-refractivity contribution < 1.29 is 0 Å². The Kier molecular flexibility index (Phi) is 5.90. The molecule has 1 spiro atoms. The van der Waals surface area contributed by atoms with Crippen LogP contribution in [0.15, 0.2) is 146 Å². The molecule has 55 heavy (non-hydrogen) atoms. The summed E-state index contributed by atoms with van der Waals surface area (Å²) >= 11 is 0. The molecule has 2 nitrogen and oxygen atoms in total. The zero-order valence-corrected chi connectivity index (χ0v) is 31.6. The van der Waals surface area contributed by atoms with Gasteiger partial charge in [0.1, 0.15) is 0 Å².